The smallest absolute Gasteiger partial charge is 0.333 e. The summed E-state index contributed by atoms with van der Waals surface area (Å²) in [6, 6.07) is 8.55. The van der Waals surface area contributed by atoms with Crippen molar-refractivity contribution in [2.24, 2.45) is 0 Å². The van der Waals surface area contributed by atoms with Crippen molar-refractivity contribution in [1.82, 2.24) is 0 Å². The van der Waals surface area contributed by atoms with Crippen LogP contribution in [0.5, 0.6) is 0 Å². The first-order valence-electron chi connectivity index (χ1n) is 7.38. The van der Waals surface area contributed by atoms with Crippen molar-refractivity contribution in [2.75, 3.05) is 0 Å². The van der Waals surface area contributed by atoms with Crippen LogP contribution in [0.3, 0.4) is 0 Å². The van der Waals surface area contributed by atoms with E-state index in [0.29, 0.717) is 5.57 Å². The maximum atomic E-state index is 11.9. The third-order valence-corrected chi connectivity index (χ3v) is 4.16. The van der Waals surface area contributed by atoms with Gasteiger partial charge in [0.2, 0.25) is 0 Å². The molecule has 1 aliphatic rings. The monoisotopic (exact) mass is 272 g/mol. The summed E-state index contributed by atoms with van der Waals surface area (Å²) in [6.07, 6.45) is 4.57. The summed E-state index contributed by atoms with van der Waals surface area (Å²) in [4.78, 5) is 11.9. The van der Waals surface area contributed by atoms with Crippen LogP contribution in [-0.4, -0.2) is 11.6 Å². The summed E-state index contributed by atoms with van der Waals surface area (Å²) < 4.78 is 5.71. The predicted octanol–water partition coefficient (Wildman–Crippen LogP) is 4.39. The predicted molar refractivity (Wildman–Crippen MR) is 81.7 cm³/mol. The van der Waals surface area contributed by atoms with Gasteiger partial charge in [-0.2, -0.15) is 0 Å². The van der Waals surface area contributed by atoms with Gasteiger partial charge in [-0.1, -0.05) is 37.3 Å². The fourth-order valence-corrected chi connectivity index (χ4v) is 3.04. The summed E-state index contributed by atoms with van der Waals surface area (Å²) in [5.74, 6) is -0.0405. The van der Waals surface area contributed by atoms with Gasteiger partial charge < -0.3 is 4.74 Å². The Kier molecular flexibility index (Phi) is 4.32. The first-order chi connectivity index (χ1) is 9.42. The quantitative estimate of drug-likeness (QED) is 0.463. The molecule has 0 aliphatic heterocycles. The van der Waals surface area contributed by atoms with Gasteiger partial charge in [-0.15, -0.1) is 0 Å². The fourth-order valence-electron chi connectivity index (χ4n) is 3.04. The number of carbonyl (C=O) groups excluding carboxylic acids is 1. The average molecular weight is 272 g/mol. The molecule has 0 radical (unpaired) electrons. The maximum absolute atomic E-state index is 11.9. The molecule has 1 aromatic rings. The summed E-state index contributed by atoms with van der Waals surface area (Å²) in [6.45, 7) is 9.40. The molecule has 20 heavy (non-hydrogen) atoms. The molecule has 2 heteroatoms. The number of ether oxygens (including phenoxy) is 1. The van der Waals surface area contributed by atoms with Crippen molar-refractivity contribution in [3.63, 3.8) is 0 Å². The minimum absolute atomic E-state index is 0.254. The SMILES string of the molecule is C=C(C)C(=O)OC(C)(C)C1CCCCc2ccccc21. The van der Waals surface area contributed by atoms with Gasteiger partial charge in [-0.05, 0) is 51.2 Å². The lowest BCUT2D eigenvalue weighted by atomic mass is 9.80. The fraction of sp³-hybridized carbons (Fsp3) is 0.500. The number of rotatable bonds is 3. The Labute approximate surface area is 121 Å². The van der Waals surface area contributed by atoms with Gasteiger partial charge in [-0.3, -0.25) is 0 Å². The Bertz CT molecular complexity index is 514. The molecule has 0 aromatic heterocycles. The number of carbonyl (C=O) groups is 1. The first kappa shape index (κ1) is 14.8. The van der Waals surface area contributed by atoms with Crippen molar-refractivity contribution in [2.45, 2.75) is 58.0 Å². The normalized spacial score (nSPS) is 18.9. The van der Waals surface area contributed by atoms with Crippen molar-refractivity contribution in [1.29, 1.82) is 0 Å². The molecular formula is C18H24O2. The van der Waals surface area contributed by atoms with Gasteiger partial charge in [0, 0.05) is 11.5 Å². The van der Waals surface area contributed by atoms with Crippen molar-refractivity contribution in [3.8, 4) is 0 Å². The van der Waals surface area contributed by atoms with E-state index in [1.165, 1.54) is 24.0 Å². The summed E-state index contributed by atoms with van der Waals surface area (Å²) >= 11 is 0. The lowest BCUT2D eigenvalue weighted by molar-refractivity contribution is -0.153. The van der Waals surface area contributed by atoms with E-state index in [0.717, 1.165) is 12.8 Å². The zero-order chi connectivity index (χ0) is 14.8. The lowest BCUT2D eigenvalue weighted by Gasteiger charge is -2.34. The summed E-state index contributed by atoms with van der Waals surface area (Å²) in [5, 5.41) is 0. The molecule has 0 N–H and O–H groups in total. The number of hydrogen-bond donors (Lipinski definition) is 0. The van der Waals surface area contributed by atoms with Gasteiger partial charge in [0.1, 0.15) is 5.60 Å². The van der Waals surface area contributed by atoms with Crippen LogP contribution in [-0.2, 0) is 16.0 Å². The van der Waals surface area contributed by atoms with Crippen LogP contribution in [0.4, 0.5) is 0 Å². The van der Waals surface area contributed by atoms with E-state index < -0.39 is 5.60 Å². The Morgan fingerprint density at radius 1 is 1.30 bits per heavy atom. The summed E-state index contributed by atoms with van der Waals surface area (Å²) in [5.41, 5.74) is 2.69. The Morgan fingerprint density at radius 3 is 2.70 bits per heavy atom. The molecule has 0 fully saturated rings. The Balaban J connectivity index is 2.31. The Hall–Kier alpha value is -1.57. The number of aryl methyl sites for hydroxylation is 1. The second kappa shape index (κ2) is 5.82. The molecule has 1 aliphatic carbocycles. The van der Waals surface area contributed by atoms with Gasteiger partial charge in [0.25, 0.3) is 0 Å². The molecule has 0 saturated heterocycles. The molecule has 1 aromatic carbocycles. The molecule has 2 rings (SSSR count). The highest BCUT2D eigenvalue weighted by Crippen LogP contribution is 2.40. The summed E-state index contributed by atoms with van der Waals surface area (Å²) in [7, 11) is 0. The van der Waals surface area contributed by atoms with E-state index in [2.05, 4.69) is 30.8 Å². The third kappa shape index (κ3) is 3.12. The van der Waals surface area contributed by atoms with Crippen LogP contribution in [0, 0.1) is 0 Å². The minimum Gasteiger partial charge on any atom is -0.456 e. The zero-order valence-corrected chi connectivity index (χ0v) is 12.7. The molecular weight excluding hydrogens is 248 g/mol. The topological polar surface area (TPSA) is 26.3 Å². The largest absolute Gasteiger partial charge is 0.456 e. The third-order valence-electron chi connectivity index (χ3n) is 4.16. The van der Waals surface area contributed by atoms with Crippen molar-refractivity contribution in [3.05, 3.63) is 47.5 Å². The lowest BCUT2D eigenvalue weighted by Crippen LogP contribution is -2.35. The van der Waals surface area contributed by atoms with E-state index in [1.807, 2.05) is 13.8 Å². The zero-order valence-electron chi connectivity index (χ0n) is 12.7. The highest BCUT2D eigenvalue weighted by Gasteiger charge is 2.36. The highest BCUT2D eigenvalue weighted by molar-refractivity contribution is 5.87. The molecule has 0 spiro atoms. The number of hydrogen-bond acceptors (Lipinski definition) is 2. The molecule has 0 saturated carbocycles. The van der Waals surface area contributed by atoms with Crippen LogP contribution >= 0.6 is 0 Å². The Morgan fingerprint density at radius 2 is 2.00 bits per heavy atom. The van der Waals surface area contributed by atoms with E-state index >= 15 is 0 Å². The highest BCUT2D eigenvalue weighted by atomic mass is 16.6. The molecule has 2 nitrogen and oxygen atoms in total. The average Bonchev–Trinajstić information content (AvgIpc) is 2.60. The van der Waals surface area contributed by atoms with Crippen molar-refractivity contribution >= 4 is 5.97 Å². The molecule has 0 bridgehead atoms. The standard InChI is InChI=1S/C18H24O2/c1-13(2)17(19)20-18(3,4)16-12-8-6-10-14-9-5-7-11-15(14)16/h5,7,9,11,16H,1,6,8,10,12H2,2-4H3. The van der Waals surface area contributed by atoms with E-state index in [4.69, 9.17) is 4.74 Å². The molecule has 0 amide bonds. The number of esters is 1. The molecule has 0 heterocycles. The van der Waals surface area contributed by atoms with Gasteiger partial charge in [-0.25, -0.2) is 4.79 Å². The van der Waals surface area contributed by atoms with Gasteiger partial charge in [0.15, 0.2) is 0 Å². The minimum atomic E-state index is -0.503. The number of fused-ring (bicyclic) bond motifs is 1. The van der Waals surface area contributed by atoms with Crippen LogP contribution < -0.4 is 0 Å². The maximum Gasteiger partial charge on any atom is 0.333 e. The first-order valence-corrected chi connectivity index (χ1v) is 7.38. The van der Waals surface area contributed by atoms with E-state index in [-0.39, 0.29) is 11.9 Å². The van der Waals surface area contributed by atoms with Crippen LogP contribution in [0.25, 0.3) is 0 Å². The number of benzene rings is 1. The molecule has 108 valence electrons. The molecule has 1 atom stereocenters. The second-order valence-electron chi connectivity index (χ2n) is 6.27. The van der Waals surface area contributed by atoms with Crippen LogP contribution in [0.15, 0.2) is 36.4 Å². The van der Waals surface area contributed by atoms with Gasteiger partial charge >= 0.3 is 5.97 Å². The van der Waals surface area contributed by atoms with Crippen LogP contribution in [0.1, 0.15) is 57.1 Å². The molecule has 1 unspecified atom stereocenters. The second-order valence-corrected chi connectivity index (χ2v) is 6.27. The van der Waals surface area contributed by atoms with Crippen LogP contribution in [0.2, 0.25) is 0 Å². The van der Waals surface area contributed by atoms with E-state index in [1.54, 1.807) is 6.92 Å². The van der Waals surface area contributed by atoms with E-state index in [9.17, 15) is 4.79 Å². The van der Waals surface area contributed by atoms with Gasteiger partial charge in [0.05, 0.1) is 0 Å². The van der Waals surface area contributed by atoms with Crippen molar-refractivity contribution < 1.29 is 9.53 Å².